The van der Waals surface area contributed by atoms with E-state index in [1.54, 1.807) is 0 Å². The largest absolute Gasteiger partial charge is 0.294 e. The predicted molar refractivity (Wildman–Crippen MR) is 61.4 cm³/mol. The van der Waals surface area contributed by atoms with E-state index in [-0.39, 0.29) is 5.78 Å². The third kappa shape index (κ3) is 1.62. The zero-order valence-corrected chi connectivity index (χ0v) is 9.85. The van der Waals surface area contributed by atoms with Crippen LogP contribution in [0, 0.1) is 3.57 Å². The molecule has 1 nitrogen and oxygen atoms in total. The van der Waals surface area contributed by atoms with Crippen LogP contribution in [0.15, 0.2) is 12.1 Å². The van der Waals surface area contributed by atoms with Gasteiger partial charge in [0.25, 0.3) is 0 Å². The van der Waals surface area contributed by atoms with E-state index in [1.165, 1.54) is 0 Å². The number of fused-ring (bicyclic) bond motifs is 1. The molecule has 0 saturated heterocycles. The lowest BCUT2D eigenvalue weighted by atomic mass is 9.91. The van der Waals surface area contributed by atoms with Gasteiger partial charge in [-0.3, -0.25) is 4.79 Å². The topological polar surface area (TPSA) is 17.1 Å². The second-order valence-corrected chi connectivity index (χ2v) is 4.73. The van der Waals surface area contributed by atoms with Crippen LogP contribution in [0.3, 0.4) is 0 Å². The second kappa shape index (κ2) is 3.58. The first-order chi connectivity index (χ1) is 6.20. The summed E-state index contributed by atoms with van der Waals surface area (Å²) in [7, 11) is 0. The Morgan fingerprint density at radius 3 is 2.77 bits per heavy atom. The molecule has 1 aliphatic rings. The second-order valence-electron chi connectivity index (χ2n) is 3.16. The lowest BCUT2D eigenvalue weighted by molar-refractivity contribution is 0.0972. The molecule has 0 fully saturated rings. The molecule has 0 aliphatic heterocycles. The highest BCUT2D eigenvalue weighted by atomic mass is 127. The van der Waals surface area contributed by atoms with Crippen molar-refractivity contribution in [2.45, 2.75) is 19.3 Å². The number of carbonyl (C=O) groups is 1. The summed E-state index contributed by atoms with van der Waals surface area (Å²) < 4.78 is 1.16. The molecule has 0 radical (unpaired) electrons. The summed E-state index contributed by atoms with van der Waals surface area (Å²) in [5.41, 5.74) is 1.91. The van der Waals surface area contributed by atoms with Gasteiger partial charge in [-0.2, -0.15) is 0 Å². The van der Waals surface area contributed by atoms with Crippen molar-refractivity contribution in [1.29, 1.82) is 0 Å². The SMILES string of the molecule is O=C1CCCc2c(I)ccc(Cl)c21. The number of ketones is 1. The van der Waals surface area contributed by atoms with Gasteiger partial charge in [-0.25, -0.2) is 0 Å². The number of rotatable bonds is 0. The van der Waals surface area contributed by atoms with Gasteiger partial charge >= 0.3 is 0 Å². The van der Waals surface area contributed by atoms with Crippen LogP contribution in [0.5, 0.6) is 0 Å². The van der Waals surface area contributed by atoms with Crippen LogP contribution in [0.25, 0.3) is 0 Å². The van der Waals surface area contributed by atoms with E-state index in [0.29, 0.717) is 11.4 Å². The molecule has 68 valence electrons. The third-order valence-corrected chi connectivity index (χ3v) is 3.64. The maximum atomic E-state index is 11.6. The van der Waals surface area contributed by atoms with Crippen LogP contribution in [0.2, 0.25) is 5.02 Å². The average Bonchev–Trinajstić information content (AvgIpc) is 2.12. The molecule has 0 bridgehead atoms. The number of carbonyl (C=O) groups excluding carboxylic acids is 1. The average molecular weight is 307 g/mol. The van der Waals surface area contributed by atoms with Crippen molar-refractivity contribution in [2.75, 3.05) is 0 Å². The monoisotopic (exact) mass is 306 g/mol. The van der Waals surface area contributed by atoms with Gasteiger partial charge in [0, 0.05) is 15.6 Å². The Balaban J connectivity index is 2.67. The first kappa shape index (κ1) is 9.46. The van der Waals surface area contributed by atoms with Gasteiger partial charge in [0.2, 0.25) is 0 Å². The molecule has 1 aromatic carbocycles. The van der Waals surface area contributed by atoms with Gasteiger partial charge in [-0.15, -0.1) is 0 Å². The fraction of sp³-hybridized carbons (Fsp3) is 0.300. The van der Waals surface area contributed by atoms with Crippen LogP contribution in [-0.4, -0.2) is 5.78 Å². The number of hydrogen-bond donors (Lipinski definition) is 0. The molecular weight excluding hydrogens is 298 g/mol. The van der Waals surface area contributed by atoms with Gasteiger partial charge in [0.05, 0.1) is 5.02 Å². The zero-order valence-electron chi connectivity index (χ0n) is 6.94. The lowest BCUT2D eigenvalue weighted by Crippen LogP contribution is -2.12. The Morgan fingerprint density at radius 2 is 2.08 bits per heavy atom. The van der Waals surface area contributed by atoms with Gasteiger partial charge < -0.3 is 0 Å². The fourth-order valence-electron chi connectivity index (χ4n) is 1.69. The number of Topliss-reactive ketones (excluding diaryl/α,β-unsaturated/α-hetero) is 1. The molecule has 3 heteroatoms. The number of benzene rings is 1. The standard InChI is InChI=1S/C10H8ClIO/c11-7-4-5-8(12)6-2-1-3-9(13)10(6)7/h4-5H,1-3H2. The summed E-state index contributed by atoms with van der Waals surface area (Å²) in [6.45, 7) is 0. The molecule has 1 aliphatic carbocycles. The lowest BCUT2D eigenvalue weighted by Gasteiger charge is -2.17. The minimum Gasteiger partial charge on any atom is -0.294 e. The third-order valence-electron chi connectivity index (χ3n) is 2.31. The van der Waals surface area contributed by atoms with Gasteiger partial charge in [0.1, 0.15) is 0 Å². The highest BCUT2D eigenvalue weighted by Gasteiger charge is 2.21. The minimum atomic E-state index is 0.199. The van der Waals surface area contributed by atoms with E-state index in [9.17, 15) is 4.79 Å². The predicted octanol–water partition coefficient (Wildman–Crippen LogP) is 3.46. The zero-order chi connectivity index (χ0) is 9.42. The van der Waals surface area contributed by atoms with Crippen molar-refractivity contribution in [2.24, 2.45) is 0 Å². The molecule has 2 rings (SSSR count). The smallest absolute Gasteiger partial charge is 0.164 e. The highest BCUT2D eigenvalue weighted by molar-refractivity contribution is 14.1. The first-order valence-electron chi connectivity index (χ1n) is 4.20. The summed E-state index contributed by atoms with van der Waals surface area (Å²) in [4.78, 5) is 11.6. The van der Waals surface area contributed by atoms with E-state index in [4.69, 9.17) is 11.6 Å². The minimum absolute atomic E-state index is 0.199. The Hall–Kier alpha value is -0.0900. The van der Waals surface area contributed by atoms with E-state index >= 15 is 0 Å². The summed E-state index contributed by atoms with van der Waals surface area (Å²) in [5.74, 6) is 0.199. The van der Waals surface area contributed by atoms with E-state index in [0.717, 1.165) is 27.5 Å². The van der Waals surface area contributed by atoms with E-state index < -0.39 is 0 Å². The molecular formula is C10H8ClIO. The number of hydrogen-bond acceptors (Lipinski definition) is 1. The van der Waals surface area contributed by atoms with Crippen LogP contribution in [0.4, 0.5) is 0 Å². The Morgan fingerprint density at radius 1 is 1.31 bits per heavy atom. The van der Waals surface area contributed by atoms with Crippen molar-refractivity contribution in [3.63, 3.8) is 0 Å². The van der Waals surface area contributed by atoms with Crippen LogP contribution in [-0.2, 0) is 6.42 Å². The summed E-state index contributed by atoms with van der Waals surface area (Å²) in [6, 6.07) is 3.78. The maximum absolute atomic E-state index is 11.6. The highest BCUT2D eigenvalue weighted by Crippen LogP contribution is 2.30. The summed E-state index contributed by atoms with van der Waals surface area (Å²) in [6.07, 6.45) is 2.59. The molecule has 0 aromatic heterocycles. The van der Waals surface area contributed by atoms with Gasteiger partial charge in [-0.05, 0) is 53.1 Å². The van der Waals surface area contributed by atoms with Crippen LogP contribution in [0.1, 0.15) is 28.8 Å². The molecule has 0 N–H and O–H groups in total. The fourth-order valence-corrected chi connectivity index (χ4v) is 2.69. The molecule has 0 spiro atoms. The van der Waals surface area contributed by atoms with Crippen LogP contribution < -0.4 is 0 Å². The van der Waals surface area contributed by atoms with E-state index in [1.807, 2.05) is 12.1 Å². The maximum Gasteiger partial charge on any atom is 0.164 e. The molecule has 13 heavy (non-hydrogen) atoms. The Labute approximate surface area is 95.6 Å². The van der Waals surface area contributed by atoms with Crippen molar-refractivity contribution >= 4 is 40.0 Å². The van der Waals surface area contributed by atoms with Crippen molar-refractivity contribution < 1.29 is 4.79 Å². The quantitative estimate of drug-likeness (QED) is 0.671. The first-order valence-corrected chi connectivity index (χ1v) is 5.66. The molecule has 0 heterocycles. The Kier molecular flexibility index (Phi) is 2.60. The van der Waals surface area contributed by atoms with Crippen LogP contribution >= 0.6 is 34.2 Å². The van der Waals surface area contributed by atoms with Gasteiger partial charge in [0.15, 0.2) is 5.78 Å². The van der Waals surface area contributed by atoms with E-state index in [2.05, 4.69) is 22.6 Å². The molecule has 0 amide bonds. The molecule has 1 aromatic rings. The summed E-state index contributed by atoms with van der Waals surface area (Å²) >= 11 is 8.24. The molecule has 0 saturated carbocycles. The molecule has 0 unspecified atom stereocenters. The van der Waals surface area contributed by atoms with Crippen molar-refractivity contribution in [3.05, 3.63) is 31.9 Å². The van der Waals surface area contributed by atoms with Crippen molar-refractivity contribution in [3.8, 4) is 0 Å². The summed E-state index contributed by atoms with van der Waals surface area (Å²) in [5, 5.41) is 0.611. The number of halogens is 2. The van der Waals surface area contributed by atoms with Gasteiger partial charge in [-0.1, -0.05) is 11.6 Å². The Bertz CT molecular complexity index is 373. The van der Waals surface area contributed by atoms with Crippen molar-refractivity contribution in [1.82, 2.24) is 0 Å². The normalized spacial score (nSPS) is 15.7. The molecule has 0 atom stereocenters.